The topological polar surface area (TPSA) is 21.6 Å². The molecule has 0 unspecified atom stereocenters. The Bertz CT molecular complexity index is 739. The number of fused-ring (bicyclic) bond motifs is 1. The average Bonchev–Trinajstić information content (AvgIpc) is 2.36. The number of rotatable bonds is 1. The smallest absolute Gasteiger partial charge is 0.195 e. The van der Waals surface area contributed by atoms with Crippen LogP contribution in [0.3, 0.4) is 0 Å². The van der Waals surface area contributed by atoms with E-state index in [0.29, 0.717) is 17.0 Å². The van der Waals surface area contributed by atoms with Gasteiger partial charge in [-0.05, 0) is 50.2 Å². The van der Waals surface area contributed by atoms with Crippen molar-refractivity contribution in [1.29, 1.82) is 0 Å². The summed E-state index contributed by atoms with van der Waals surface area (Å²) in [5.74, 6) is -0.544. The first kappa shape index (κ1) is 14.0. The first-order valence-electron chi connectivity index (χ1n) is 6.40. The SMILES string of the molecule is CC1(C)N=C(c2ccc(F)cc2)c2c(F)cc(Cl)cc2O1. The molecular formula is C16H12ClF2NO. The zero-order valence-electron chi connectivity index (χ0n) is 11.5. The van der Waals surface area contributed by atoms with E-state index in [9.17, 15) is 8.78 Å². The van der Waals surface area contributed by atoms with E-state index in [2.05, 4.69) is 4.99 Å². The Balaban J connectivity index is 2.24. The zero-order valence-corrected chi connectivity index (χ0v) is 12.2. The van der Waals surface area contributed by atoms with Crippen LogP contribution in [0.5, 0.6) is 5.75 Å². The summed E-state index contributed by atoms with van der Waals surface area (Å²) < 4.78 is 33.0. The van der Waals surface area contributed by atoms with Crippen LogP contribution in [-0.2, 0) is 0 Å². The van der Waals surface area contributed by atoms with E-state index in [1.807, 2.05) is 0 Å². The maximum Gasteiger partial charge on any atom is 0.195 e. The molecule has 0 amide bonds. The lowest BCUT2D eigenvalue weighted by Crippen LogP contribution is -2.33. The third-order valence-corrected chi connectivity index (χ3v) is 3.33. The Morgan fingerprint density at radius 3 is 2.43 bits per heavy atom. The second-order valence-corrected chi connectivity index (χ2v) is 5.71. The molecule has 1 aliphatic heterocycles. The Labute approximate surface area is 126 Å². The van der Waals surface area contributed by atoms with E-state index < -0.39 is 11.5 Å². The summed E-state index contributed by atoms with van der Waals surface area (Å²) in [6.45, 7) is 3.52. The first-order chi connectivity index (χ1) is 9.85. The minimum Gasteiger partial charge on any atom is -0.466 e. The van der Waals surface area contributed by atoms with Gasteiger partial charge in [0, 0.05) is 10.6 Å². The Morgan fingerprint density at radius 2 is 1.76 bits per heavy atom. The molecule has 5 heteroatoms. The quantitative estimate of drug-likeness (QED) is 0.755. The minimum absolute atomic E-state index is 0.241. The van der Waals surface area contributed by atoms with Crippen molar-refractivity contribution in [2.24, 2.45) is 4.99 Å². The number of hydrogen-bond donors (Lipinski definition) is 0. The molecule has 2 nitrogen and oxygen atoms in total. The standard InChI is InChI=1S/C16H12ClF2NO/c1-16(2)20-15(9-3-5-11(18)6-4-9)14-12(19)7-10(17)8-13(14)21-16/h3-8H,1-2H3. The van der Waals surface area contributed by atoms with Crippen LogP contribution in [0.25, 0.3) is 0 Å². The first-order valence-corrected chi connectivity index (χ1v) is 6.78. The third-order valence-electron chi connectivity index (χ3n) is 3.11. The molecule has 0 atom stereocenters. The molecule has 108 valence electrons. The number of hydrogen-bond acceptors (Lipinski definition) is 2. The molecule has 0 aromatic heterocycles. The second kappa shape index (κ2) is 4.81. The molecule has 0 aliphatic carbocycles. The van der Waals surface area contributed by atoms with Gasteiger partial charge in [-0.15, -0.1) is 0 Å². The van der Waals surface area contributed by atoms with Gasteiger partial charge in [0.05, 0.1) is 11.3 Å². The highest BCUT2D eigenvalue weighted by Crippen LogP contribution is 2.36. The van der Waals surface area contributed by atoms with E-state index in [0.717, 1.165) is 0 Å². The van der Waals surface area contributed by atoms with Crippen LogP contribution < -0.4 is 4.74 Å². The summed E-state index contributed by atoms with van der Waals surface area (Å²) >= 11 is 5.88. The van der Waals surface area contributed by atoms with E-state index in [4.69, 9.17) is 16.3 Å². The summed E-state index contributed by atoms with van der Waals surface area (Å²) in [6, 6.07) is 8.52. The normalized spacial score (nSPS) is 16.0. The molecule has 0 radical (unpaired) electrons. The monoisotopic (exact) mass is 307 g/mol. The molecule has 2 aromatic carbocycles. The van der Waals surface area contributed by atoms with Crippen LogP contribution in [0.4, 0.5) is 8.78 Å². The van der Waals surface area contributed by atoms with Crippen molar-refractivity contribution in [2.75, 3.05) is 0 Å². The van der Waals surface area contributed by atoms with E-state index in [-0.39, 0.29) is 16.4 Å². The van der Waals surface area contributed by atoms with Crippen LogP contribution >= 0.6 is 11.6 Å². The van der Waals surface area contributed by atoms with Crippen molar-refractivity contribution >= 4 is 17.3 Å². The molecule has 0 saturated heterocycles. The predicted octanol–water partition coefficient (Wildman–Crippen LogP) is 4.58. The largest absolute Gasteiger partial charge is 0.466 e. The molecule has 0 bridgehead atoms. The summed E-state index contributed by atoms with van der Waals surface area (Å²) in [6.07, 6.45) is 0. The van der Waals surface area contributed by atoms with Crippen LogP contribution in [0.1, 0.15) is 25.0 Å². The Hall–Kier alpha value is -1.94. The molecule has 0 saturated carbocycles. The van der Waals surface area contributed by atoms with Gasteiger partial charge in [-0.3, -0.25) is 0 Å². The molecule has 1 aliphatic rings. The summed E-state index contributed by atoms with van der Waals surface area (Å²) in [5.41, 5.74) is 0.435. The number of nitrogens with zero attached hydrogens (tertiary/aromatic N) is 1. The van der Waals surface area contributed by atoms with Crippen molar-refractivity contribution < 1.29 is 13.5 Å². The van der Waals surface area contributed by atoms with E-state index in [1.54, 1.807) is 32.0 Å². The molecular weight excluding hydrogens is 296 g/mol. The van der Waals surface area contributed by atoms with Gasteiger partial charge in [0.2, 0.25) is 0 Å². The highest BCUT2D eigenvalue weighted by atomic mass is 35.5. The van der Waals surface area contributed by atoms with Gasteiger partial charge in [-0.2, -0.15) is 0 Å². The molecule has 0 N–H and O–H groups in total. The Morgan fingerprint density at radius 1 is 1.10 bits per heavy atom. The summed E-state index contributed by atoms with van der Waals surface area (Å²) in [5, 5.41) is 0.252. The fraction of sp³-hybridized carbons (Fsp3) is 0.188. The molecule has 21 heavy (non-hydrogen) atoms. The lowest BCUT2D eigenvalue weighted by Gasteiger charge is -2.30. The van der Waals surface area contributed by atoms with Crippen molar-refractivity contribution in [3.05, 3.63) is 64.2 Å². The van der Waals surface area contributed by atoms with Gasteiger partial charge < -0.3 is 4.74 Å². The molecule has 0 fully saturated rings. The van der Waals surface area contributed by atoms with Crippen LogP contribution in [0, 0.1) is 11.6 Å². The van der Waals surface area contributed by atoms with Crippen molar-refractivity contribution in [1.82, 2.24) is 0 Å². The summed E-state index contributed by atoms with van der Waals surface area (Å²) in [7, 11) is 0. The second-order valence-electron chi connectivity index (χ2n) is 5.28. The van der Waals surface area contributed by atoms with E-state index in [1.165, 1.54) is 18.2 Å². The fourth-order valence-electron chi connectivity index (χ4n) is 2.29. The number of benzene rings is 2. The average molecular weight is 308 g/mol. The van der Waals surface area contributed by atoms with Gasteiger partial charge in [0.1, 0.15) is 17.4 Å². The highest BCUT2D eigenvalue weighted by Gasteiger charge is 2.31. The van der Waals surface area contributed by atoms with Crippen molar-refractivity contribution in [3.8, 4) is 5.75 Å². The van der Waals surface area contributed by atoms with Gasteiger partial charge in [0.15, 0.2) is 5.72 Å². The minimum atomic E-state index is -0.853. The third kappa shape index (κ3) is 2.63. The highest BCUT2D eigenvalue weighted by molar-refractivity contribution is 6.31. The van der Waals surface area contributed by atoms with Gasteiger partial charge in [-0.1, -0.05) is 11.6 Å². The maximum atomic E-state index is 14.3. The van der Waals surface area contributed by atoms with Gasteiger partial charge in [-0.25, -0.2) is 13.8 Å². The molecule has 0 spiro atoms. The lowest BCUT2D eigenvalue weighted by atomic mass is 9.98. The van der Waals surface area contributed by atoms with Crippen molar-refractivity contribution in [2.45, 2.75) is 19.6 Å². The van der Waals surface area contributed by atoms with Crippen LogP contribution in [-0.4, -0.2) is 11.4 Å². The predicted molar refractivity (Wildman–Crippen MR) is 78.2 cm³/mol. The zero-order chi connectivity index (χ0) is 15.2. The number of aliphatic imine (C=N–C) groups is 1. The van der Waals surface area contributed by atoms with E-state index >= 15 is 0 Å². The summed E-state index contributed by atoms with van der Waals surface area (Å²) in [4.78, 5) is 4.43. The number of halogens is 3. The van der Waals surface area contributed by atoms with Crippen LogP contribution in [0.15, 0.2) is 41.4 Å². The molecule has 3 rings (SSSR count). The molecule has 2 aromatic rings. The Kier molecular flexibility index (Phi) is 3.21. The maximum absolute atomic E-state index is 14.3. The molecule has 1 heterocycles. The van der Waals surface area contributed by atoms with Crippen molar-refractivity contribution in [3.63, 3.8) is 0 Å². The fourth-order valence-corrected chi connectivity index (χ4v) is 2.49. The van der Waals surface area contributed by atoms with Gasteiger partial charge >= 0.3 is 0 Å². The number of ether oxygens (including phenoxy) is 1. The van der Waals surface area contributed by atoms with Crippen LogP contribution in [0.2, 0.25) is 5.02 Å². The lowest BCUT2D eigenvalue weighted by molar-refractivity contribution is 0.115. The van der Waals surface area contributed by atoms with Gasteiger partial charge in [0.25, 0.3) is 0 Å².